The molecule has 0 heterocycles. The number of benzene rings is 1. The molecule has 1 atom stereocenters. The highest BCUT2D eigenvalue weighted by atomic mass is 16.5. The number of hydrogen-bond acceptors (Lipinski definition) is 3. The summed E-state index contributed by atoms with van der Waals surface area (Å²) in [4.78, 5) is 12.6. The maximum Gasteiger partial charge on any atom is 0.226 e. The zero-order valence-corrected chi connectivity index (χ0v) is 14.2. The number of nitrogens with one attached hydrogen (secondary N) is 1. The monoisotopic (exact) mass is 316 g/mol. The van der Waals surface area contributed by atoms with Gasteiger partial charge in [-0.15, -0.1) is 0 Å². The summed E-state index contributed by atoms with van der Waals surface area (Å²) >= 11 is 0. The maximum atomic E-state index is 12.6. The number of rotatable bonds is 8. The highest BCUT2D eigenvalue weighted by Gasteiger charge is 2.69. The molecule has 3 fully saturated rings. The predicted octanol–water partition coefficient (Wildman–Crippen LogP) is 2.79. The van der Waals surface area contributed by atoms with Crippen LogP contribution in [0.3, 0.4) is 0 Å². The van der Waals surface area contributed by atoms with Crippen LogP contribution in [0.15, 0.2) is 24.3 Å². The zero-order chi connectivity index (χ0) is 16.5. The van der Waals surface area contributed by atoms with Crippen molar-refractivity contribution >= 4 is 5.91 Å². The number of methoxy groups -OCH3 is 1. The van der Waals surface area contributed by atoms with Gasteiger partial charge in [0.15, 0.2) is 0 Å². The molecule has 3 aliphatic carbocycles. The van der Waals surface area contributed by atoms with Crippen molar-refractivity contribution in [1.82, 2.24) is 5.32 Å². The molecule has 0 aliphatic heterocycles. The molecule has 3 N–H and O–H groups in total. The Bertz CT molecular complexity index is 565. The molecule has 1 amide bonds. The van der Waals surface area contributed by atoms with Crippen LogP contribution < -0.4 is 15.8 Å². The molecule has 23 heavy (non-hydrogen) atoms. The van der Waals surface area contributed by atoms with Crippen molar-refractivity contribution in [2.75, 3.05) is 7.11 Å². The molecule has 1 aromatic rings. The van der Waals surface area contributed by atoms with Gasteiger partial charge >= 0.3 is 0 Å². The molecule has 126 valence electrons. The third kappa shape index (κ3) is 3.23. The predicted molar refractivity (Wildman–Crippen MR) is 91.4 cm³/mol. The first-order chi connectivity index (χ1) is 11.0. The fourth-order valence-corrected chi connectivity index (χ4v) is 4.21. The van der Waals surface area contributed by atoms with Crippen LogP contribution in [0.4, 0.5) is 0 Å². The first-order valence-corrected chi connectivity index (χ1v) is 8.71. The molecular formula is C19H28N2O2. The summed E-state index contributed by atoms with van der Waals surface area (Å²) in [6.45, 7) is 2.18. The summed E-state index contributed by atoms with van der Waals surface area (Å²) in [5.41, 5.74) is 7.12. The average Bonchev–Trinajstić information content (AvgIpc) is 2.48. The minimum absolute atomic E-state index is 0.0248. The standard InChI is InChI=1S/C19H28N2O2/c1-3-4-7-15(9-14-6-5-8-16(10-14)23-2)21-17(22)18-11-19(20,12-18)13-18/h5-6,8,10,15H,3-4,7,9,11-13,20H2,1-2H3,(H,21,22)/t15-,18?,19?/m0/s1. The lowest BCUT2D eigenvalue weighted by molar-refractivity contribution is -0.173. The Balaban J connectivity index is 1.61. The first-order valence-electron chi connectivity index (χ1n) is 8.71. The Morgan fingerprint density at radius 1 is 1.39 bits per heavy atom. The lowest BCUT2D eigenvalue weighted by atomic mass is 9.39. The number of amides is 1. The van der Waals surface area contributed by atoms with Crippen LogP contribution in [-0.4, -0.2) is 24.6 Å². The second-order valence-electron chi connectivity index (χ2n) is 7.54. The SMILES string of the molecule is CCCC[C@@H](Cc1cccc(OC)c1)NC(=O)C12CC(N)(C1)C2. The number of ether oxygens (including phenoxy) is 1. The Morgan fingerprint density at radius 3 is 2.74 bits per heavy atom. The summed E-state index contributed by atoms with van der Waals surface area (Å²) in [5.74, 6) is 1.08. The molecular weight excluding hydrogens is 288 g/mol. The van der Waals surface area contributed by atoms with Crippen molar-refractivity contribution in [3.05, 3.63) is 29.8 Å². The molecule has 1 aromatic carbocycles. The second kappa shape index (κ2) is 6.16. The molecule has 0 spiro atoms. The summed E-state index contributed by atoms with van der Waals surface area (Å²) in [6, 6.07) is 8.31. The fraction of sp³-hybridized carbons (Fsp3) is 0.632. The Morgan fingerprint density at radius 2 is 2.13 bits per heavy atom. The van der Waals surface area contributed by atoms with E-state index in [9.17, 15) is 4.79 Å². The van der Waals surface area contributed by atoms with Gasteiger partial charge in [0.2, 0.25) is 5.91 Å². The summed E-state index contributed by atoms with van der Waals surface area (Å²) in [7, 11) is 1.68. The van der Waals surface area contributed by atoms with E-state index in [4.69, 9.17) is 10.5 Å². The fourth-order valence-electron chi connectivity index (χ4n) is 4.21. The Kier molecular flexibility index (Phi) is 4.37. The van der Waals surface area contributed by atoms with Gasteiger partial charge in [0.1, 0.15) is 5.75 Å². The lowest BCUT2D eigenvalue weighted by Gasteiger charge is -2.67. The highest BCUT2D eigenvalue weighted by Crippen LogP contribution is 2.65. The number of nitrogens with two attached hydrogens (primary N) is 1. The van der Waals surface area contributed by atoms with Crippen LogP contribution in [-0.2, 0) is 11.2 Å². The first kappa shape index (κ1) is 16.3. The van der Waals surface area contributed by atoms with Crippen LogP contribution in [0.2, 0.25) is 0 Å². The van der Waals surface area contributed by atoms with E-state index in [1.165, 1.54) is 5.56 Å². The van der Waals surface area contributed by atoms with Gasteiger partial charge in [-0.05, 0) is 49.8 Å². The van der Waals surface area contributed by atoms with Gasteiger partial charge in [-0.3, -0.25) is 4.79 Å². The van der Waals surface area contributed by atoms with E-state index < -0.39 is 0 Å². The Labute approximate surface area is 138 Å². The third-order valence-corrected chi connectivity index (χ3v) is 5.41. The summed E-state index contributed by atoms with van der Waals surface area (Å²) in [5, 5.41) is 3.30. The average molecular weight is 316 g/mol. The molecule has 4 nitrogen and oxygen atoms in total. The van der Waals surface area contributed by atoms with Gasteiger partial charge < -0.3 is 15.8 Å². The van der Waals surface area contributed by atoms with Gasteiger partial charge in [-0.2, -0.15) is 0 Å². The molecule has 0 unspecified atom stereocenters. The molecule has 4 heteroatoms. The molecule has 0 saturated heterocycles. The number of carbonyl (C=O) groups is 1. The minimum atomic E-state index is -0.145. The maximum absolute atomic E-state index is 12.6. The third-order valence-electron chi connectivity index (χ3n) is 5.41. The van der Waals surface area contributed by atoms with E-state index in [0.29, 0.717) is 0 Å². The lowest BCUT2D eigenvalue weighted by Crippen LogP contribution is -2.76. The summed E-state index contributed by atoms with van der Waals surface area (Å²) < 4.78 is 5.30. The smallest absolute Gasteiger partial charge is 0.226 e. The Hall–Kier alpha value is -1.55. The van der Waals surface area contributed by atoms with Crippen molar-refractivity contribution in [2.24, 2.45) is 11.1 Å². The minimum Gasteiger partial charge on any atom is -0.497 e. The zero-order valence-electron chi connectivity index (χ0n) is 14.2. The molecule has 3 saturated carbocycles. The number of carbonyl (C=O) groups excluding carboxylic acids is 1. The highest BCUT2D eigenvalue weighted by molar-refractivity contribution is 5.87. The van der Waals surface area contributed by atoms with Crippen LogP contribution in [0, 0.1) is 5.41 Å². The van der Waals surface area contributed by atoms with Gasteiger partial charge in [0.05, 0.1) is 12.5 Å². The van der Waals surface area contributed by atoms with Crippen LogP contribution in [0.5, 0.6) is 5.75 Å². The second-order valence-corrected chi connectivity index (χ2v) is 7.54. The van der Waals surface area contributed by atoms with E-state index in [1.54, 1.807) is 7.11 Å². The molecule has 0 radical (unpaired) electrons. The van der Waals surface area contributed by atoms with Crippen LogP contribution >= 0.6 is 0 Å². The van der Waals surface area contributed by atoms with E-state index >= 15 is 0 Å². The molecule has 0 aromatic heterocycles. The van der Waals surface area contributed by atoms with Gasteiger partial charge in [-0.25, -0.2) is 0 Å². The molecule has 2 bridgehead atoms. The summed E-state index contributed by atoms with van der Waals surface area (Å²) in [6.07, 6.45) is 6.74. The number of unbranched alkanes of at least 4 members (excludes halogenated alkanes) is 1. The largest absolute Gasteiger partial charge is 0.497 e. The normalized spacial score (nSPS) is 29.2. The number of hydrogen-bond donors (Lipinski definition) is 2. The van der Waals surface area contributed by atoms with Crippen molar-refractivity contribution in [3.63, 3.8) is 0 Å². The molecule has 3 aliphatic rings. The topological polar surface area (TPSA) is 64.3 Å². The van der Waals surface area contributed by atoms with Gasteiger partial charge in [0.25, 0.3) is 0 Å². The van der Waals surface area contributed by atoms with E-state index in [2.05, 4.69) is 24.4 Å². The van der Waals surface area contributed by atoms with Crippen molar-refractivity contribution in [1.29, 1.82) is 0 Å². The van der Waals surface area contributed by atoms with Crippen LogP contribution in [0.1, 0.15) is 51.0 Å². The van der Waals surface area contributed by atoms with Gasteiger partial charge in [-0.1, -0.05) is 31.9 Å². The van der Waals surface area contributed by atoms with Crippen molar-refractivity contribution in [2.45, 2.75) is 63.5 Å². The van der Waals surface area contributed by atoms with Crippen LogP contribution in [0.25, 0.3) is 0 Å². The van der Waals surface area contributed by atoms with E-state index in [1.807, 2.05) is 12.1 Å². The molecule has 4 rings (SSSR count). The van der Waals surface area contributed by atoms with Crippen molar-refractivity contribution in [3.8, 4) is 5.75 Å². The van der Waals surface area contributed by atoms with E-state index in [-0.39, 0.29) is 22.9 Å². The van der Waals surface area contributed by atoms with E-state index in [0.717, 1.165) is 50.7 Å². The quantitative estimate of drug-likeness (QED) is 0.775. The van der Waals surface area contributed by atoms with Gasteiger partial charge in [0, 0.05) is 11.6 Å². The van der Waals surface area contributed by atoms with Crippen molar-refractivity contribution < 1.29 is 9.53 Å².